The van der Waals surface area contributed by atoms with Crippen LogP contribution in [0.4, 0.5) is 0 Å². The molecular formula is C8H14NO. The third-order valence-corrected chi connectivity index (χ3v) is 2.08. The normalized spacial score (nSPS) is 19.4. The molecule has 57 valence electrons. The van der Waals surface area contributed by atoms with Gasteiger partial charge in [0.1, 0.15) is 0 Å². The molecule has 0 saturated heterocycles. The topological polar surface area (TPSA) is 20.3 Å². The maximum absolute atomic E-state index is 11.2. The van der Waals surface area contributed by atoms with E-state index in [-0.39, 0.29) is 11.8 Å². The predicted octanol–water partition coefficient (Wildman–Crippen LogP) is 1.43. The summed E-state index contributed by atoms with van der Waals surface area (Å²) in [5.74, 6) is 0.486. The molecule has 0 heterocycles. The summed E-state index contributed by atoms with van der Waals surface area (Å²) < 4.78 is 0. The summed E-state index contributed by atoms with van der Waals surface area (Å²) in [6.07, 6.45) is 4.56. The zero-order valence-corrected chi connectivity index (χ0v) is 6.47. The summed E-state index contributed by atoms with van der Waals surface area (Å²) in [5, 5.41) is 0. The number of amides is 1. The minimum atomic E-state index is 0.206. The van der Waals surface area contributed by atoms with Crippen molar-refractivity contribution in [3.05, 3.63) is 7.05 Å². The fraction of sp³-hybridized carbons (Fsp3) is 0.750. The van der Waals surface area contributed by atoms with Gasteiger partial charge in [-0.15, -0.1) is 0 Å². The molecule has 1 radical (unpaired) electrons. The molecule has 2 heteroatoms. The van der Waals surface area contributed by atoms with Crippen molar-refractivity contribution in [1.82, 2.24) is 4.90 Å². The molecule has 1 fully saturated rings. The largest absolute Gasteiger partial charge is 0.344 e. The molecule has 1 saturated carbocycles. The second-order valence-electron chi connectivity index (χ2n) is 3.02. The Balaban J connectivity index is 2.40. The molecule has 0 aromatic heterocycles. The van der Waals surface area contributed by atoms with Crippen LogP contribution in [-0.4, -0.2) is 17.9 Å². The van der Waals surface area contributed by atoms with E-state index in [4.69, 9.17) is 0 Å². The van der Waals surface area contributed by atoms with Gasteiger partial charge in [-0.05, 0) is 12.8 Å². The number of rotatable bonds is 1. The lowest BCUT2D eigenvalue weighted by Gasteiger charge is -2.14. The highest BCUT2D eigenvalue weighted by atomic mass is 16.2. The summed E-state index contributed by atoms with van der Waals surface area (Å²) in [6, 6.07) is 0. The first kappa shape index (κ1) is 7.58. The monoisotopic (exact) mass is 140 g/mol. The smallest absolute Gasteiger partial charge is 0.225 e. The lowest BCUT2D eigenvalue weighted by Crippen LogP contribution is -2.26. The van der Waals surface area contributed by atoms with Crippen LogP contribution in [0.1, 0.15) is 25.7 Å². The minimum Gasteiger partial charge on any atom is -0.344 e. The fourth-order valence-electron chi connectivity index (χ4n) is 1.48. The van der Waals surface area contributed by atoms with E-state index in [2.05, 4.69) is 7.05 Å². The Kier molecular flexibility index (Phi) is 2.30. The number of nitrogens with zero attached hydrogens (tertiary/aromatic N) is 1. The van der Waals surface area contributed by atoms with Crippen LogP contribution in [0.5, 0.6) is 0 Å². The average molecular weight is 140 g/mol. The van der Waals surface area contributed by atoms with Gasteiger partial charge >= 0.3 is 0 Å². The highest BCUT2D eigenvalue weighted by Crippen LogP contribution is 2.25. The Morgan fingerprint density at radius 2 is 2.00 bits per heavy atom. The first-order valence-electron chi connectivity index (χ1n) is 3.80. The van der Waals surface area contributed by atoms with Crippen molar-refractivity contribution in [3.8, 4) is 0 Å². The summed E-state index contributed by atoms with van der Waals surface area (Å²) in [4.78, 5) is 12.7. The van der Waals surface area contributed by atoms with Crippen LogP contribution in [0.2, 0.25) is 0 Å². The third-order valence-electron chi connectivity index (χ3n) is 2.08. The second-order valence-corrected chi connectivity index (χ2v) is 3.02. The van der Waals surface area contributed by atoms with E-state index in [0.29, 0.717) is 0 Å². The third kappa shape index (κ3) is 1.49. The van der Waals surface area contributed by atoms with Gasteiger partial charge in [-0.25, -0.2) is 0 Å². The Bertz CT molecular complexity index is 125. The van der Waals surface area contributed by atoms with E-state index >= 15 is 0 Å². The van der Waals surface area contributed by atoms with Crippen molar-refractivity contribution in [2.24, 2.45) is 5.92 Å². The summed E-state index contributed by atoms with van der Waals surface area (Å²) in [7, 11) is 5.29. The first-order valence-corrected chi connectivity index (χ1v) is 3.80. The molecule has 0 N–H and O–H groups in total. The second kappa shape index (κ2) is 3.04. The van der Waals surface area contributed by atoms with Crippen LogP contribution in [0.25, 0.3) is 0 Å². The first-order chi connectivity index (χ1) is 4.72. The molecular weight excluding hydrogens is 126 g/mol. The zero-order valence-electron chi connectivity index (χ0n) is 6.47. The maximum Gasteiger partial charge on any atom is 0.225 e. The van der Waals surface area contributed by atoms with Gasteiger partial charge in [0.2, 0.25) is 5.91 Å². The van der Waals surface area contributed by atoms with Crippen molar-refractivity contribution in [2.75, 3.05) is 7.05 Å². The summed E-state index contributed by atoms with van der Waals surface area (Å²) >= 11 is 0. The molecule has 0 atom stereocenters. The van der Waals surface area contributed by atoms with Gasteiger partial charge in [-0.3, -0.25) is 4.79 Å². The van der Waals surface area contributed by atoms with Gasteiger partial charge in [0, 0.05) is 20.0 Å². The molecule has 1 aliphatic rings. The van der Waals surface area contributed by atoms with Crippen LogP contribution in [-0.2, 0) is 4.79 Å². The Hall–Kier alpha value is -0.530. The molecule has 2 nitrogen and oxygen atoms in total. The van der Waals surface area contributed by atoms with E-state index < -0.39 is 0 Å². The van der Waals surface area contributed by atoms with Crippen molar-refractivity contribution < 1.29 is 4.79 Å². The molecule has 1 rings (SSSR count). The lowest BCUT2D eigenvalue weighted by atomic mass is 10.1. The van der Waals surface area contributed by atoms with Crippen LogP contribution in [0.15, 0.2) is 0 Å². The predicted molar refractivity (Wildman–Crippen MR) is 40.1 cm³/mol. The molecule has 0 aliphatic heterocycles. The highest BCUT2D eigenvalue weighted by molar-refractivity contribution is 5.78. The zero-order chi connectivity index (χ0) is 7.56. The summed E-state index contributed by atoms with van der Waals surface area (Å²) in [5.41, 5.74) is 0. The van der Waals surface area contributed by atoms with Crippen molar-refractivity contribution in [2.45, 2.75) is 25.7 Å². The average Bonchev–Trinajstić information content (AvgIpc) is 2.36. The number of carbonyl (C=O) groups excluding carboxylic acids is 1. The van der Waals surface area contributed by atoms with Crippen LogP contribution >= 0.6 is 0 Å². The SMILES string of the molecule is [CH2]N(C)C(=O)C1CCCC1. The van der Waals surface area contributed by atoms with Gasteiger partial charge in [0.25, 0.3) is 0 Å². The molecule has 0 aromatic rings. The van der Waals surface area contributed by atoms with Crippen molar-refractivity contribution >= 4 is 5.91 Å². The fourth-order valence-corrected chi connectivity index (χ4v) is 1.48. The molecule has 1 aliphatic carbocycles. The van der Waals surface area contributed by atoms with E-state index in [1.54, 1.807) is 7.05 Å². The van der Waals surface area contributed by atoms with E-state index in [1.165, 1.54) is 17.7 Å². The van der Waals surface area contributed by atoms with E-state index in [0.717, 1.165) is 12.8 Å². The number of hydrogen-bond donors (Lipinski definition) is 0. The standard InChI is InChI=1S/C8H14NO/c1-9(2)8(10)7-5-3-4-6-7/h7H,1,3-6H2,2H3. The maximum atomic E-state index is 11.2. The molecule has 10 heavy (non-hydrogen) atoms. The van der Waals surface area contributed by atoms with Gasteiger partial charge in [-0.2, -0.15) is 0 Å². The number of hydrogen-bond acceptors (Lipinski definition) is 1. The minimum absolute atomic E-state index is 0.206. The van der Waals surface area contributed by atoms with E-state index in [1.807, 2.05) is 0 Å². The van der Waals surface area contributed by atoms with Crippen molar-refractivity contribution in [3.63, 3.8) is 0 Å². The van der Waals surface area contributed by atoms with Gasteiger partial charge < -0.3 is 4.90 Å². The van der Waals surface area contributed by atoms with Crippen LogP contribution < -0.4 is 0 Å². The molecule has 0 bridgehead atoms. The number of carbonyl (C=O) groups is 1. The Labute approximate surface area is 62.2 Å². The highest BCUT2D eigenvalue weighted by Gasteiger charge is 2.23. The Morgan fingerprint density at radius 3 is 2.40 bits per heavy atom. The molecule has 0 aromatic carbocycles. The van der Waals surface area contributed by atoms with Crippen LogP contribution in [0.3, 0.4) is 0 Å². The molecule has 0 spiro atoms. The van der Waals surface area contributed by atoms with Gasteiger partial charge in [0.05, 0.1) is 0 Å². The van der Waals surface area contributed by atoms with Gasteiger partial charge in [-0.1, -0.05) is 12.8 Å². The van der Waals surface area contributed by atoms with Crippen LogP contribution in [0, 0.1) is 13.0 Å². The summed E-state index contributed by atoms with van der Waals surface area (Å²) in [6.45, 7) is 0. The molecule has 0 unspecified atom stereocenters. The van der Waals surface area contributed by atoms with Crippen molar-refractivity contribution in [1.29, 1.82) is 0 Å². The van der Waals surface area contributed by atoms with E-state index in [9.17, 15) is 4.79 Å². The van der Waals surface area contributed by atoms with Gasteiger partial charge in [0.15, 0.2) is 0 Å². The quantitative estimate of drug-likeness (QED) is 0.539. The Morgan fingerprint density at radius 1 is 1.50 bits per heavy atom. The lowest BCUT2D eigenvalue weighted by molar-refractivity contribution is -0.131. The molecule has 1 amide bonds.